The smallest absolute Gasteiger partial charge is 0.430 e. The van der Waals surface area contributed by atoms with E-state index in [1.54, 1.807) is 11.4 Å². The number of esters is 2. The number of fused-ring (bicyclic) bond motifs is 3. The molecular weight excluding hydrogens is 601 g/mol. The minimum Gasteiger partial charge on any atom is -0.542 e. The van der Waals surface area contributed by atoms with Crippen molar-refractivity contribution in [2.75, 3.05) is 38.6 Å². The van der Waals surface area contributed by atoms with Crippen molar-refractivity contribution in [3.63, 3.8) is 0 Å². The van der Waals surface area contributed by atoms with Crippen LogP contribution in [0.5, 0.6) is 0 Å². The molecule has 1 N–H and O–H groups in total. The molecule has 3 aliphatic rings. The number of nitrogens with zero attached hydrogens (tertiary/aromatic N) is 1. The molecule has 1 unspecified atom stereocenters. The number of nitrogens with one attached hydrogen (secondary N) is 1. The van der Waals surface area contributed by atoms with Gasteiger partial charge in [-0.25, -0.2) is 9.59 Å². The average Bonchev–Trinajstić information content (AvgIpc) is 3.50. The lowest BCUT2D eigenvalue weighted by molar-refractivity contribution is -0.938. The molecule has 2 bridgehead atoms. The Balaban J connectivity index is 0.000000566. The van der Waals surface area contributed by atoms with Gasteiger partial charge >= 0.3 is 18.1 Å². The van der Waals surface area contributed by atoms with Crippen LogP contribution in [0.4, 0.5) is 18.9 Å². The van der Waals surface area contributed by atoms with Crippen molar-refractivity contribution in [3.8, 4) is 0 Å². The van der Waals surface area contributed by atoms with Gasteiger partial charge in [-0.15, -0.1) is 11.3 Å². The largest absolute Gasteiger partial charge is 0.542 e. The number of ketones is 1. The highest BCUT2D eigenvalue weighted by atomic mass is 32.1. The van der Waals surface area contributed by atoms with Crippen LogP contribution in [0.1, 0.15) is 44.5 Å². The number of rotatable bonds is 9. The van der Waals surface area contributed by atoms with Gasteiger partial charge in [-0.05, 0) is 23.6 Å². The van der Waals surface area contributed by atoms with E-state index in [9.17, 15) is 27.6 Å². The van der Waals surface area contributed by atoms with Crippen molar-refractivity contribution in [2.45, 2.75) is 31.2 Å². The number of alkyl halides is 3. The molecule has 1 aromatic heterocycles. The normalized spacial score (nSPS) is 21.3. The number of carboxylic acids is 1. The first kappa shape index (κ1) is 32.7. The number of carboxylic acid groups (broad SMARTS) is 1. The van der Waals surface area contributed by atoms with Gasteiger partial charge in [-0.3, -0.25) is 4.79 Å². The van der Waals surface area contributed by atoms with Gasteiger partial charge in [0.2, 0.25) is 5.78 Å². The summed E-state index contributed by atoms with van der Waals surface area (Å²) in [4.78, 5) is 48.3. The van der Waals surface area contributed by atoms with Crippen LogP contribution in [-0.2, 0) is 19.1 Å². The molecule has 0 radical (unpaired) electrons. The van der Waals surface area contributed by atoms with Crippen molar-refractivity contribution in [1.82, 2.24) is 0 Å². The van der Waals surface area contributed by atoms with Crippen molar-refractivity contribution in [3.05, 3.63) is 88.1 Å². The summed E-state index contributed by atoms with van der Waals surface area (Å²) in [7, 11) is 1.33. The number of ether oxygens (including phenoxy) is 2. The maximum Gasteiger partial charge on any atom is 0.430 e. The number of aliphatic carboxylic acids is 1. The van der Waals surface area contributed by atoms with Crippen LogP contribution in [0.25, 0.3) is 0 Å². The highest BCUT2D eigenvalue weighted by Gasteiger charge is 2.49. The van der Waals surface area contributed by atoms with Crippen molar-refractivity contribution in [1.29, 1.82) is 0 Å². The highest BCUT2D eigenvalue weighted by Crippen LogP contribution is 2.37. The predicted octanol–water partition coefficient (Wildman–Crippen LogP) is 4.02. The second kappa shape index (κ2) is 14.0. The zero-order chi connectivity index (χ0) is 31.9. The second-order valence-electron chi connectivity index (χ2n) is 10.7. The summed E-state index contributed by atoms with van der Waals surface area (Å²) in [5, 5.41) is 13.8. The molecule has 234 valence electrons. The molecule has 3 fully saturated rings. The number of para-hydroxylation sites is 1. The highest BCUT2D eigenvalue weighted by molar-refractivity contribution is 7.12. The first-order valence-electron chi connectivity index (χ1n) is 13.8. The van der Waals surface area contributed by atoms with E-state index in [1.165, 1.54) is 18.4 Å². The Bertz CT molecular complexity index is 1460. The number of halogens is 3. The van der Waals surface area contributed by atoms with Crippen LogP contribution in [0.2, 0.25) is 0 Å². The fraction of sp³-hybridized carbons (Fsp3) is 0.355. The molecule has 0 aliphatic carbocycles. The Kier molecular flexibility index (Phi) is 10.4. The number of hydrogen-bond acceptors (Lipinski definition) is 9. The average molecular weight is 633 g/mol. The topological polar surface area (TPSA) is 122 Å². The SMILES string of the molecule is COC(=O)c1sccc1C(Nc1ccccc1)C(=O)O[C@H]1C[N+]2(CC(=O)c3ccccc3)CCC1CC2.O=C([O-])C(F)(F)F. The monoisotopic (exact) mass is 632 g/mol. The third-order valence-corrected chi connectivity index (χ3v) is 8.72. The number of piperidine rings is 3. The molecule has 0 saturated carbocycles. The van der Waals surface area contributed by atoms with Crippen molar-refractivity contribution < 1.29 is 51.4 Å². The Morgan fingerprint density at radius 3 is 2.16 bits per heavy atom. The summed E-state index contributed by atoms with van der Waals surface area (Å²) in [6.07, 6.45) is -3.63. The number of carbonyl (C=O) groups excluding carboxylic acids is 4. The van der Waals surface area contributed by atoms with Crippen LogP contribution in [-0.4, -0.2) is 73.7 Å². The summed E-state index contributed by atoms with van der Waals surface area (Å²) in [6.45, 7) is 2.87. The Morgan fingerprint density at radius 1 is 1.00 bits per heavy atom. The van der Waals surface area contributed by atoms with Crippen molar-refractivity contribution in [2.24, 2.45) is 5.92 Å². The number of carbonyl (C=O) groups is 4. The second-order valence-corrected chi connectivity index (χ2v) is 11.6. The molecule has 6 rings (SSSR count). The van der Waals surface area contributed by atoms with Crippen LogP contribution >= 0.6 is 11.3 Å². The third-order valence-electron chi connectivity index (χ3n) is 7.81. The molecule has 3 aliphatic heterocycles. The molecule has 4 heterocycles. The van der Waals surface area contributed by atoms with Gasteiger partial charge in [0.1, 0.15) is 23.9 Å². The number of thiophene rings is 1. The standard InChI is InChI=1S/C29H31N2O5S.C2HF3O2/c1-35-29(34)27-23(14-17-37-27)26(30-22-10-6-3-7-11-22)28(33)36-25-19-31(15-12-21(25)13-16-31)18-24(32)20-8-4-2-5-9-20;3-2(4,5)1(6)7/h2-11,14,17,21,25-26,30H,12-13,15-16,18-19H2,1H3;(H,6,7)/q+1;/p-1/t21?,25-,26?,31?;/m0./s1. The number of benzene rings is 2. The Hall–Kier alpha value is -4.23. The van der Waals surface area contributed by atoms with Crippen LogP contribution in [0.3, 0.4) is 0 Å². The molecule has 0 spiro atoms. The van der Waals surface area contributed by atoms with E-state index in [1.807, 2.05) is 60.7 Å². The van der Waals surface area contributed by atoms with E-state index >= 15 is 0 Å². The maximum absolute atomic E-state index is 13.7. The number of hydrogen-bond donors (Lipinski definition) is 1. The predicted molar refractivity (Wildman–Crippen MR) is 153 cm³/mol. The zero-order valence-electron chi connectivity index (χ0n) is 23.7. The molecule has 3 saturated heterocycles. The summed E-state index contributed by atoms with van der Waals surface area (Å²) < 4.78 is 43.3. The number of Topliss-reactive ketones (excluding diaryl/α,β-unsaturated/α-hetero) is 1. The molecule has 3 aromatic rings. The van der Waals surface area contributed by atoms with Gasteiger partial charge in [0.25, 0.3) is 0 Å². The van der Waals surface area contributed by atoms with Gasteiger partial charge < -0.3 is 29.2 Å². The fourth-order valence-corrected chi connectivity index (χ4v) is 6.44. The number of anilines is 1. The first-order chi connectivity index (χ1) is 20.9. The van der Waals surface area contributed by atoms with E-state index in [4.69, 9.17) is 19.4 Å². The lowest BCUT2D eigenvalue weighted by atomic mass is 9.82. The van der Waals surface area contributed by atoms with Crippen LogP contribution in [0, 0.1) is 5.92 Å². The van der Waals surface area contributed by atoms with Crippen molar-refractivity contribution >= 4 is 40.7 Å². The summed E-state index contributed by atoms with van der Waals surface area (Å²) in [5.41, 5.74) is 2.00. The molecule has 9 nitrogen and oxygen atoms in total. The zero-order valence-corrected chi connectivity index (χ0v) is 24.6. The van der Waals surface area contributed by atoms with Gasteiger partial charge in [-0.2, -0.15) is 13.2 Å². The molecule has 13 heteroatoms. The minimum atomic E-state index is -5.19. The quantitative estimate of drug-likeness (QED) is 0.213. The van der Waals surface area contributed by atoms with Crippen LogP contribution in [0.15, 0.2) is 72.1 Å². The van der Waals surface area contributed by atoms with Crippen LogP contribution < -0.4 is 10.4 Å². The number of methoxy groups -OCH3 is 1. The maximum atomic E-state index is 13.7. The minimum absolute atomic E-state index is 0.121. The third kappa shape index (κ3) is 8.03. The lowest BCUT2D eigenvalue weighted by Crippen LogP contribution is -2.65. The molecular formula is C31H31F3N2O7S. The van der Waals surface area contributed by atoms with E-state index in [-0.39, 0.29) is 17.8 Å². The lowest BCUT2D eigenvalue weighted by Gasteiger charge is -2.51. The Labute approximate surface area is 255 Å². The van der Waals surface area contributed by atoms with E-state index < -0.39 is 30.1 Å². The number of quaternary nitrogens is 1. The molecule has 2 aromatic carbocycles. The summed E-state index contributed by atoms with van der Waals surface area (Å²) >= 11 is 1.24. The van der Waals surface area contributed by atoms with Gasteiger partial charge in [-0.1, -0.05) is 48.5 Å². The van der Waals surface area contributed by atoms with E-state index in [0.717, 1.165) is 37.2 Å². The van der Waals surface area contributed by atoms with E-state index in [0.29, 0.717) is 28.0 Å². The van der Waals surface area contributed by atoms with E-state index in [2.05, 4.69) is 5.32 Å². The van der Waals surface area contributed by atoms with Gasteiger partial charge in [0.15, 0.2) is 12.1 Å². The molecule has 44 heavy (non-hydrogen) atoms. The summed E-state index contributed by atoms with van der Waals surface area (Å²) in [5.74, 6) is -3.53. The fourth-order valence-electron chi connectivity index (χ4n) is 5.58. The Morgan fingerprint density at radius 2 is 1.59 bits per heavy atom. The molecule has 2 atom stereocenters. The van der Waals surface area contributed by atoms with Gasteiger partial charge in [0, 0.05) is 35.6 Å². The summed E-state index contributed by atoms with van der Waals surface area (Å²) in [6, 6.07) is 19.7. The first-order valence-corrected chi connectivity index (χ1v) is 14.7. The van der Waals surface area contributed by atoms with Gasteiger partial charge in [0.05, 0.1) is 20.2 Å². The molecule has 0 amide bonds.